The van der Waals surface area contributed by atoms with Crippen molar-refractivity contribution < 1.29 is 22.4 Å². The van der Waals surface area contributed by atoms with Crippen LogP contribution in [0.15, 0.2) is 34.1 Å². The zero-order valence-corrected chi connectivity index (χ0v) is 17.1. The number of aromatic nitrogens is 2. The lowest BCUT2D eigenvalue weighted by Crippen LogP contribution is -2.52. The van der Waals surface area contributed by atoms with Crippen LogP contribution in [0.1, 0.15) is 11.3 Å². The van der Waals surface area contributed by atoms with E-state index in [1.807, 2.05) is 6.07 Å². The van der Waals surface area contributed by atoms with Crippen LogP contribution >= 0.6 is 11.6 Å². The number of rotatable bonds is 6. The van der Waals surface area contributed by atoms with E-state index in [1.54, 1.807) is 13.3 Å². The summed E-state index contributed by atoms with van der Waals surface area (Å²) in [5.41, 5.74) is -0.0142. The maximum atomic E-state index is 12.7. The highest BCUT2D eigenvalue weighted by Crippen LogP contribution is 2.32. The van der Waals surface area contributed by atoms with Gasteiger partial charge in [-0.05, 0) is 6.07 Å². The second-order valence-corrected chi connectivity index (χ2v) is 6.99. The number of nitrogens with one attached hydrogen (secondary N) is 1. The van der Waals surface area contributed by atoms with Crippen molar-refractivity contribution in [2.45, 2.75) is 12.7 Å². The number of aliphatic imine (C=N–C) groups is 1. The van der Waals surface area contributed by atoms with Gasteiger partial charge in [-0.15, -0.1) is 0 Å². The second-order valence-electron chi connectivity index (χ2n) is 6.59. The minimum absolute atomic E-state index is 0.0390. The number of pyridine rings is 1. The Hall–Kier alpha value is -2.53. The first kappa shape index (κ1) is 22.2. The molecular formula is C18H22ClF3N6O2. The molecule has 1 fully saturated rings. The molecule has 0 unspecified atom stereocenters. The quantitative estimate of drug-likeness (QED) is 0.415. The summed E-state index contributed by atoms with van der Waals surface area (Å²) in [5.74, 6) is 0.689. The van der Waals surface area contributed by atoms with Crippen LogP contribution in [0.4, 0.5) is 13.2 Å². The predicted octanol–water partition coefficient (Wildman–Crippen LogP) is 2.51. The van der Waals surface area contributed by atoms with E-state index in [9.17, 15) is 13.2 Å². The van der Waals surface area contributed by atoms with E-state index in [2.05, 4.69) is 30.2 Å². The summed E-state index contributed by atoms with van der Waals surface area (Å²) in [7, 11) is 1.69. The van der Waals surface area contributed by atoms with Gasteiger partial charge in [-0.25, -0.2) is 4.98 Å². The van der Waals surface area contributed by atoms with Crippen molar-refractivity contribution in [1.82, 2.24) is 25.3 Å². The third-order valence-corrected chi connectivity index (χ3v) is 4.79. The van der Waals surface area contributed by atoms with Crippen LogP contribution in [-0.2, 0) is 12.7 Å². The highest BCUT2D eigenvalue weighted by Gasteiger charge is 2.31. The van der Waals surface area contributed by atoms with Crippen LogP contribution in [-0.4, -0.2) is 72.3 Å². The van der Waals surface area contributed by atoms with Crippen LogP contribution in [0.25, 0.3) is 0 Å². The molecule has 0 radical (unpaired) electrons. The Bertz CT molecular complexity index is 839. The third kappa shape index (κ3) is 5.99. The molecule has 1 aliphatic heterocycles. The SMILES string of the molecule is CN=C(NCCOc1ncc(C(F)(F)F)cc1Cl)N1CCN(Cc2ccon2)CC1. The van der Waals surface area contributed by atoms with Gasteiger partial charge in [-0.2, -0.15) is 13.2 Å². The zero-order chi connectivity index (χ0) is 21.6. The summed E-state index contributed by atoms with van der Waals surface area (Å²) in [6.07, 6.45) is -2.23. The monoisotopic (exact) mass is 446 g/mol. The number of nitrogens with zero attached hydrogens (tertiary/aromatic N) is 5. The third-order valence-electron chi connectivity index (χ3n) is 4.52. The van der Waals surface area contributed by atoms with Gasteiger partial charge in [0.1, 0.15) is 17.9 Å². The molecule has 2 aromatic heterocycles. The van der Waals surface area contributed by atoms with Gasteiger partial charge in [-0.3, -0.25) is 9.89 Å². The summed E-state index contributed by atoms with van der Waals surface area (Å²) in [6, 6.07) is 2.65. The standard InChI is InChI=1S/C18H22ClF3N6O2/c1-23-17(28-6-4-27(5-7-28)12-14-2-8-30-26-14)24-3-9-29-16-15(19)10-13(11-25-16)18(20,21)22/h2,8,10-11H,3-7,9,12H2,1H3,(H,23,24). The lowest BCUT2D eigenvalue weighted by atomic mass is 10.3. The number of ether oxygens (including phenoxy) is 1. The fourth-order valence-electron chi connectivity index (χ4n) is 3.00. The molecule has 3 rings (SSSR count). The van der Waals surface area contributed by atoms with Gasteiger partial charge < -0.3 is 19.5 Å². The molecule has 0 aliphatic carbocycles. The molecule has 0 spiro atoms. The highest BCUT2D eigenvalue weighted by molar-refractivity contribution is 6.31. The van der Waals surface area contributed by atoms with Gasteiger partial charge in [-0.1, -0.05) is 16.8 Å². The van der Waals surface area contributed by atoms with Crippen molar-refractivity contribution in [3.63, 3.8) is 0 Å². The molecule has 8 nitrogen and oxygen atoms in total. The smallest absolute Gasteiger partial charge is 0.417 e. The lowest BCUT2D eigenvalue weighted by molar-refractivity contribution is -0.137. The van der Waals surface area contributed by atoms with E-state index in [0.29, 0.717) is 12.7 Å². The van der Waals surface area contributed by atoms with Gasteiger partial charge in [0, 0.05) is 52.0 Å². The molecule has 1 aliphatic rings. The maximum absolute atomic E-state index is 12.7. The fraction of sp³-hybridized carbons (Fsp3) is 0.500. The first-order valence-corrected chi connectivity index (χ1v) is 9.67. The van der Waals surface area contributed by atoms with Gasteiger partial charge in [0.15, 0.2) is 5.96 Å². The normalized spacial score (nSPS) is 16.0. The van der Waals surface area contributed by atoms with Crippen LogP contribution < -0.4 is 10.1 Å². The maximum Gasteiger partial charge on any atom is 0.417 e. The van der Waals surface area contributed by atoms with E-state index in [0.717, 1.165) is 50.4 Å². The Balaban J connectivity index is 1.41. The van der Waals surface area contributed by atoms with Crippen molar-refractivity contribution in [2.75, 3.05) is 46.4 Å². The molecule has 30 heavy (non-hydrogen) atoms. The molecule has 0 aromatic carbocycles. The molecule has 1 N–H and O–H groups in total. The average Bonchev–Trinajstić information content (AvgIpc) is 3.22. The number of halogens is 4. The van der Waals surface area contributed by atoms with Crippen molar-refractivity contribution in [3.8, 4) is 5.88 Å². The van der Waals surface area contributed by atoms with E-state index >= 15 is 0 Å². The van der Waals surface area contributed by atoms with Crippen molar-refractivity contribution in [1.29, 1.82) is 0 Å². The molecule has 0 atom stereocenters. The van der Waals surface area contributed by atoms with Crippen LogP contribution in [0.2, 0.25) is 5.02 Å². The largest absolute Gasteiger partial charge is 0.475 e. The zero-order valence-electron chi connectivity index (χ0n) is 16.3. The van der Waals surface area contributed by atoms with Crippen molar-refractivity contribution >= 4 is 17.6 Å². The molecule has 12 heteroatoms. The molecule has 2 aromatic rings. The summed E-state index contributed by atoms with van der Waals surface area (Å²) in [5, 5.41) is 6.92. The molecule has 164 valence electrons. The summed E-state index contributed by atoms with van der Waals surface area (Å²) in [4.78, 5) is 12.3. The number of alkyl halides is 3. The Morgan fingerprint density at radius 1 is 1.33 bits per heavy atom. The Kier molecular flexibility index (Phi) is 7.38. The van der Waals surface area contributed by atoms with Gasteiger partial charge >= 0.3 is 6.18 Å². The Morgan fingerprint density at radius 2 is 2.10 bits per heavy atom. The number of piperazine rings is 1. The Morgan fingerprint density at radius 3 is 2.70 bits per heavy atom. The summed E-state index contributed by atoms with van der Waals surface area (Å²) in [6.45, 7) is 4.61. The van der Waals surface area contributed by atoms with Crippen LogP contribution in [0.5, 0.6) is 5.88 Å². The average molecular weight is 447 g/mol. The molecule has 0 saturated carbocycles. The minimum Gasteiger partial charge on any atom is -0.475 e. The van der Waals surface area contributed by atoms with Gasteiger partial charge in [0.25, 0.3) is 0 Å². The number of hydrogen-bond donors (Lipinski definition) is 1. The number of hydrogen-bond acceptors (Lipinski definition) is 6. The topological polar surface area (TPSA) is 79.0 Å². The molecule has 0 bridgehead atoms. The van der Waals surface area contributed by atoms with Crippen molar-refractivity contribution in [2.24, 2.45) is 4.99 Å². The predicted molar refractivity (Wildman–Crippen MR) is 104 cm³/mol. The fourth-order valence-corrected chi connectivity index (χ4v) is 3.22. The van der Waals surface area contributed by atoms with Crippen molar-refractivity contribution in [3.05, 3.63) is 40.9 Å². The van der Waals surface area contributed by atoms with E-state index in [4.69, 9.17) is 20.9 Å². The van der Waals surface area contributed by atoms with Crippen LogP contribution in [0, 0.1) is 0 Å². The Labute approximate surface area is 176 Å². The lowest BCUT2D eigenvalue weighted by Gasteiger charge is -2.36. The first-order chi connectivity index (χ1) is 14.4. The van der Waals surface area contributed by atoms with E-state index in [1.165, 1.54) is 0 Å². The van der Waals surface area contributed by atoms with E-state index < -0.39 is 11.7 Å². The molecule has 0 amide bonds. The second kappa shape index (κ2) is 9.98. The molecule has 1 saturated heterocycles. The highest BCUT2D eigenvalue weighted by atomic mass is 35.5. The van der Waals surface area contributed by atoms with Gasteiger partial charge in [0.2, 0.25) is 5.88 Å². The first-order valence-electron chi connectivity index (χ1n) is 9.29. The minimum atomic E-state index is -4.50. The van der Waals surface area contributed by atoms with E-state index in [-0.39, 0.29) is 17.5 Å². The van der Waals surface area contributed by atoms with Crippen LogP contribution in [0.3, 0.4) is 0 Å². The van der Waals surface area contributed by atoms with Gasteiger partial charge in [0.05, 0.1) is 17.8 Å². The summed E-state index contributed by atoms with van der Waals surface area (Å²) >= 11 is 5.84. The number of guanidine groups is 1. The molecular weight excluding hydrogens is 425 g/mol. The molecule has 3 heterocycles. The summed E-state index contributed by atoms with van der Waals surface area (Å²) < 4.78 is 48.2.